The number of amides is 1. The third-order valence-electron chi connectivity index (χ3n) is 3.28. The van der Waals surface area contributed by atoms with Crippen LogP contribution in [0.3, 0.4) is 0 Å². The van der Waals surface area contributed by atoms with Crippen LogP contribution in [-0.2, 0) is 17.8 Å². The Morgan fingerprint density at radius 3 is 2.61 bits per heavy atom. The predicted octanol–water partition coefficient (Wildman–Crippen LogP) is 1.50. The molecule has 0 aromatic carbocycles. The molecule has 0 fully saturated rings. The minimum Gasteiger partial charge on any atom is -0.361 e. The van der Waals surface area contributed by atoms with Gasteiger partial charge in [-0.3, -0.25) is 4.79 Å². The van der Waals surface area contributed by atoms with Gasteiger partial charge in [-0.15, -0.1) is 0 Å². The molecule has 23 heavy (non-hydrogen) atoms. The van der Waals surface area contributed by atoms with Crippen LogP contribution in [0.1, 0.15) is 28.7 Å². The van der Waals surface area contributed by atoms with Crippen LogP contribution < -0.4 is 5.32 Å². The lowest BCUT2D eigenvalue weighted by Crippen LogP contribution is -2.25. The van der Waals surface area contributed by atoms with E-state index in [0.29, 0.717) is 28.7 Å². The molecule has 9 nitrogen and oxygen atoms in total. The molecule has 0 aliphatic heterocycles. The van der Waals surface area contributed by atoms with E-state index < -0.39 is 0 Å². The number of nitrogens with one attached hydrogen (secondary N) is 1. The third kappa shape index (κ3) is 3.28. The van der Waals surface area contributed by atoms with Gasteiger partial charge in [-0.05, 0) is 20.8 Å². The van der Waals surface area contributed by atoms with Crippen molar-refractivity contribution in [3.63, 3.8) is 0 Å². The summed E-state index contributed by atoms with van der Waals surface area (Å²) in [5, 5.41) is 14.1. The first kappa shape index (κ1) is 14.9. The second-order valence-corrected chi connectivity index (χ2v) is 5.09. The zero-order valence-electron chi connectivity index (χ0n) is 12.9. The molecule has 0 spiro atoms. The van der Waals surface area contributed by atoms with Crippen molar-refractivity contribution in [1.29, 1.82) is 0 Å². The number of carbonyl (C=O) groups excluding carboxylic acids is 1. The molecule has 0 saturated carbocycles. The molecule has 0 unspecified atom stereocenters. The molecule has 1 N–H and O–H groups in total. The van der Waals surface area contributed by atoms with Crippen molar-refractivity contribution < 1.29 is 18.4 Å². The summed E-state index contributed by atoms with van der Waals surface area (Å²) in [6.45, 7) is 5.47. The molecule has 120 valence electrons. The van der Waals surface area contributed by atoms with E-state index in [4.69, 9.17) is 13.6 Å². The second kappa shape index (κ2) is 6.03. The van der Waals surface area contributed by atoms with E-state index in [2.05, 4.69) is 25.8 Å². The first-order valence-corrected chi connectivity index (χ1v) is 6.97. The molecule has 3 rings (SSSR count). The Hall–Kier alpha value is -2.97. The van der Waals surface area contributed by atoms with Gasteiger partial charge in [-0.2, -0.15) is 4.98 Å². The summed E-state index contributed by atoms with van der Waals surface area (Å²) in [6, 6.07) is 1.70. The van der Waals surface area contributed by atoms with E-state index in [1.54, 1.807) is 26.8 Å². The van der Waals surface area contributed by atoms with E-state index in [1.807, 2.05) is 0 Å². The van der Waals surface area contributed by atoms with Crippen LogP contribution in [0.15, 0.2) is 19.6 Å². The third-order valence-corrected chi connectivity index (χ3v) is 3.28. The van der Waals surface area contributed by atoms with Crippen LogP contribution in [0, 0.1) is 20.8 Å². The second-order valence-electron chi connectivity index (χ2n) is 5.09. The Labute approximate surface area is 131 Å². The van der Waals surface area contributed by atoms with Crippen LogP contribution in [-0.4, -0.2) is 26.4 Å². The first-order valence-electron chi connectivity index (χ1n) is 6.97. The van der Waals surface area contributed by atoms with Crippen molar-refractivity contribution in [2.24, 2.45) is 0 Å². The monoisotopic (exact) mass is 317 g/mol. The van der Waals surface area contributed by atoms with Gasteiger partial charge < -0.3 is 18.9 Å². The minimum atomic E-state index is -0.184. The van der Waals surface area contributed by atoms with Crippen molar-refractivity contribution >= 4 is 5.91 Å². The summed E-state index contributed by atoms with van der Waals surface area (Å²) in [4.78, 5) is 16.1. The van der Waals surface area contributed by atoms with Crippen molar-refractivity contribution in [3.05, 3.63) is 34.7 Å². The summed E-state index contributed by atoms with van der Waals surface area (Å²) < 4.78 is 15.1. The maximum atomic E-state index is 12.0. The van der Waals surface area contributed by atoms with Crippen LogP contribution in [0.2, 0.25) is 0 Å². The maximum absolute atomic E-state index is 12.0. The van der Waals surface area contributed by atoms with E-state index in [0.717, 1.165) is 5.56 Å². The van der Waals surface area contributed by atoms with Crippen LogP contribution in [0.4, 0.5) is 0 Å². The van der Waals surface area contributed by atoms with Crippen LogP contribution in [0.25, 0.3) is 11.5 Å². The fourth-order valence-electron chi connectivity index (χ4n) is 2.05. The standard InChI is InChI=1S/C14H15N5O4/c1-7-4-11(18-21-7)14-16-13(23-19-14)6-15-12(20)5-10-8(2)17-22-9(10)3/h4H,5-6H2,1-3H3,(H,15,20). The number of nitrogens with zero attached hydrogens (tertiary/aromatic N) is 4. The number of aryl methyl sites for hydroxylation is 3. The lowest BCUT2D eigenvalue weighted by molar-refractivity contribution is -0.120. The largest absolute Gasteiger partial charge is 0.361 e. The Balaban J connectivity index is 1.58. The molecule has 3 aromatic rings. The number of hydrogen-bond donors (Lipinski definition) is 1. The zero-order chi connectivity index (χ0) is 16.4. The minimum absolute atomic E-state index is 0.131. The summed E-state index contributed by atoms with van der Waals surface area (Å²) >= 11 is 0. The molecule has 0 aliphatic rings. The molecule has 3 heterocycles. The predicted molar refractivity (Wildman–Crippen MR) is 76.1 cm³/mol. The van der Waals surface area contributed by atoms with Gasteiger partial charge in [-0.25, -0.2) is 0 Å². The van der Waals surface area contributed by atoms with E-state index in [-0.39, 0.29) is 24.8 Å². The van der Waals surface area contributed by atoms with Gasteiger partial charge in [0, 0.05) is 11.6 Å². The van der Waals surface area contributed by atoms with Gasteiger partial charge in [0.15, 0.2) is 5.69 Å². The molecular formula is C14H15N5O4. The van der Waals surface area contributed by atoms with Gasteiger partial charge in [0.2, 0.25) is 17.6 Å². The topological polar surface area (TPSA) is 120 Å². The van der Waals surface area contributed by atoms with E-state index in [9.17, 15) is 4.79 Å². The van der Waals surface area contributed by atoms with Crippen molar-refractivity contribution in [3.8, 4) is 11.5 Å². The Morgan fingerprint density at radius 1 is 1.13 bits per heavy atom. The molecule has 0 atom stereocenters. The Bertz CT molecular complexity index is 812. The highest BCUT2D eigenvalue weighted by molar-refractivity contribution is 5.78. The SMILES string of the molecule is Cc1cc(-c2noc(CNC(=O)Cc3c(C)noc3C)n2)no1. The molecule has 1 amide bonds. The summed E-state index contributed by atoms with van der Waals surface area (Å²) in [7, 11) is 0. The number of carbonyl (C=O) groups is 1. The van der Waals surface area contributed by atoms with Gasteiger partial charge in [0.25, 0.3) is 0 Å². The van der Waals surface area contributed by atoms with Gasteiger partial charge >= 0.3 is 0 Å². The van der Waals surface area contributed by atoms with E-state index in [1.165, 1.54) is 0 Å². The average Bonchev–Trinajstić information content (AvgIpc) is 3.22. The highest BCUT2D eigenvalue weighted by Gasteiger charge is 2.15. The highest BCUT2D eigenvalue weighted by atomic mass is 16.5. The first-order chi connectivity index (χ1) is 11.0. The van der Waals surface area contributed by atoms with Crippen LogP contribution >= 0.6 is 0 Å². The van der Waals surface area contributed by atoms with E-state index >= 15 is 0 Å². The molecule has 0 radical (unpaired) electrons. The van der Waals surface area contributed by atoms with Gasteiger partial charge in [0.05, 0.1) is 18.7 Å². The number of rotatable bonds is 5. The van der Waals surface area contributed by atoms with Gasteiger partial charge in [-0.1, -0.05) is 15.5 Å². The lowest BCUT2D eigenvalue weighted by atomic mass is 10.1. The maximum Gasteiger partial charge on any atom is 0.246 e. The van der Waals surface area contributed by atoms with Crippen molar-refractivity contribution in [2.75, 3.05) is 0 Å². The Morgan fingerprint density at radius 2 is 1.96 bits per heavy atom. The van der Waals surface area contributed by atoms with Gasteiger partial charge in [0.1, 0.15) is 11.5 Å². The molecule has 0 saturated heterocycles. The lowest BCUT2D eigenvalue weighted by Gasteiger charge is -2.01. The smallest absolute Gasteiger partial charge is 0.246 e. The molecule has 9 heteroatoms. The quantitative estimate of drug-likeness (QED) is 0.751. The molecule has 3 aromatic heterocycles. The zero-order valence-corrected chi connectivity index (χ0v) is 12.9. The normalized spacial score (nSPS) is 10.9. The summed E-state index contributed by atoms with van der Waals surface area (Å²) in [5.74, 6) is 1.71. The molecule has 0 aliphatic carbocycles. The van der Waals surface area contributed by atoms with Crippen molar-refractivity contribution in [1.82, 2.24) is 25.8 Å². The highest BCUT2D eigenvalue weighted by Crippen LogP contribution is 2.15. The Kier molecular flexibility index (Phi) is 3.92. The molecule has 0 bridgehead atoms. The summed E-state index contributed by atoms with van der Waals surface area (Å²) in [5.41, 5.74) is 1.98. The fraction of sp³-hybridized carbons (Fsp3) is 0.357. The number of aromatic nitrogens is 4. The summed E-state index contributed by atoms with van der Waals surface area (Å²) in [6.07, 6.45) is 0.185. The average molecular weight is 317 g/mol. The fourth-order valence-corrected chi connectivity index (χ4v) is 2.05. The molecular weight excluding hydrogens is 302 g/mol. The van der Waals surface area contributed by atoms with Crippen LogP contribution in [0.5, 0.6) is 0 Å². The number of hydrogen-bond acceptors (Lipinski definition) is 8. The van der Waals surface area contributed by atoms with Crippen molar-refractivity contribution in [2.45, 2.75) is 33.7 Å².